The van der Waals surface area contributed by atoms with E-state index in [1.54, 1.807) is 11.3 Å². The minimum absolute atomic E-state index is 0.00360. The second-order valence-electron chi connectivity index (χ2n) is 6.63. The van der Waals surface area contributed by atoms with Crippen LogP contribution in [0.2, 0.25) is 5.02 Å². The van der Waals surface area contributed by atoms with Crippen molar-refractivity contribution in [1.29, 1.82) is 0 Å². The molecule has 0 aliphatic carbocycles. The first kappa shape index (κ1) is 17.4. The summed E-state index contributed by atoms with van der Waals surface area (Å²) in [5, 5.41) is 5.85. The van der Waals surface area contributed by atoms with Crippen LogP contribution >= 0.6 is 22.9 Å². The van der Waals surface area contributed by atoms with Crippen molar-refractivity contribution in [2.24, 2.45) is 5.92 Å². The number of aromatic amines is 1. The molecule has 2 aromatic heterocycles. The number of thiophene rings is 1. The first-order valence-electron chi connectivity index (χ1n) is 8.89. The highest BCUT2D eigenvalue weighted by molar-refractivity contribution is 7.09. The Morgan fingerprint density at radius 2 is 2.35 bits per heavy atom. The highest BCUT2D eigenvalue weighted by Crippen LogP contribution is 2.25. The number of nitrogens with one attached hydrogen (secondary N) is 2. The van der Waals surface area contributed by atoms with Crippen LogP contribution in [-0.4, -0.2) is 35.5 Å². The summed E-state index contributed by atoms with van der Waals surface area (Å²) in [7, 11) is 0. The average molecular weight is 389 g/mol. The van der Waals surface area contributed by atoms with E-state index >= 15 is 0 Å². The molecule has 26 heavy (non-hydrogen) atoms. The predicted octanol–water partition coefficient (Wildman–Crippen LogP) is 3.85. The highest BCUT2D eigenvalue weighted by atomic mass is 35.5. The average Bonchev–Trinajstić information content (AvgIpc) is 3.31. The second-order valence-corrected chi connectivity index (χ2v) is 8.10. The Morgan fingerprint density at radius 1 is 1.42 bits per heavy atom. The summed E-state index contributed by atoms with van der Waals surface area (Å²) < 4.78 is 0. The van der Waals surface area contributed by atoms with Crippen molar-refractivity contribution >= 4 is 45.8 Å². The smallest absolute Gasteiger partial charge is 0.224 e. The minimum atomic E-state index is 0.00360. The van der Waals surface area contributed by atoms with Crippen LogP contribution in [0.5, 0.6) is 0 Å². The van der Waals surface area contributed by atoms with E-state index in [-0.39, 0.29) is 11.8 Å². The summed E-state index contributed by atoms with van der Waals surface area (Å²) in [5.41, 5.74) is 1.82. The van der Waals surface area contributed by atoms with Crippen LogP contribution in [0.25, 0.3) is 11.0 Å². The second kappa shape index (κ2) is 7.68. The third-order valence-corrected chi connectivity index (χ3v) is 5.95. The predicted molar refractivity (Wildman–Crippen MR) is 107 cm³/mol. The lowest BCUT2D eigenvalue weighted by Gasteiger charge is -2.31. The Balaban J connectivity index is 1.37. The number of aromatic nitrogens is 2. The monoisotopic (exact) mass is 388 g/mol. The van der Waals surface area contributed by atoms with Crippen molar-refractivity contribution < 1.29 is 4.79 Å². The Labute approximate surface area is 161 Å². The van der Waals surface area contributed by atoms with Crippen molar-refractivity contribution in [3.8, 4) is 0 Å². The summed E-state index contributed by atoms with van der Waals surface area (Å²) >= 11 is 7.78. The van der Waals surface area contributed by atoms with Gasteiger partial charge in [0.2, 0.25) is 11.9 Å². The van der Waals surface area contributed by atoms with Gasteiger partial charge in [-0.15, -0.1) is 11.3 Å². The Morgan fingerprint density at radius 3 is 3.19 bits per heavy atom. The molecule has 1 fully saturated rings. The molecule has 1 amide bonds. The normalized spacial score (nSPS) is 17.6. The molecule has 1 atom stereocenters. The number of H-pyrrole nitrogens is 1. The summed E-state index contributed by atoms with van der Waals surface area (Å²) in [6.07, 6.45) is 2.80. The van der Waals surface area contributed by atoms with Gasteiger partial charge in [0.25, 0.3) is 0 Å². The van der Waals surface area contributed by atoms with Crippen LogP contribution < -0.4 is 10.2 Å². The molecule has 1 aliphatic rings. The molecule has 5 nitrogen and oxygen atoms in total. The van der Waals surface area contributed by atoms with Crippen molar-refractivity contribution in [3.63, 3.8) is 0 Å². The number of anilines is 1. The van der Waals surface area contributed by atoms with Gasteiger partial charge in [0.1, 0.15) is 0 Å². The van der Waals surface area contributed by atoms with E-state index in [9.17, 15) is 4.79 Å². The largest absolute Gasteiger partial charge is 0.355 e. The Bertz CT molecular complexity index is 892. The van der Waals surface area contributed by atoms with E-state index in [0.717, 1.165) is 42.8 Å². The molecule has 1 aromatic carbocycles. The molecule has 1 saturated heterocycles. The number of rotatable bonds is 5. The SMILES string of the molecule is O=C(NCCc1cccs1)[C@H]1CCCN(c2nc3ccc(Cl)cc3[nH]2)C1. The molecular weight excluding hydrogens is 368 g/mol. The molecule has 2 N–H and O–H groups in total. The number of fused-ring (bicyclic) bond motifs is 1. The van der Waals surface area contributed by atoms with Crippen molar-refractivity contribution in [2.45, 2.75) is 19.3 Å². The molecule has 0 spiro atoms. The van der Waals surface area contributed by atoms with E-state index in [2.05, 4.69) is 31.6 Å². The molecule has 4 rings (SSSR count). The maximum atomic E-state index is 12.5. The van der Waals surface area contributed by atoms with Crippen LogP contribution in [-0.2, 0) is 11.2 Å². The topological polar surface area (TPSA) is 61.0 Å². The molecule has 0 saturated carbocycles. The molecular formula is C19H21ClN4OS. The number of hydrogen-bond acceptors (Lipinski definition) is 4. The van der Waals surface area contributed by atoms with E-state index in [0.29, 0.717) is 18.1 Å². The van der Waals surface area contributed by atoms with E-state index in [1.165, 1.54) is 4.88 Å². The maximum absolute atomic E-state index is 12.5. The van der Waals surface area contributed by atoms with Gasteiger partial charge in [-0.1, -0.05) is 17.7 Å². The van der Waals surface area contributed by atoms with Crippen LogP contribution in [0, 0.1) is 5.92 Å². The number of carbonyl (C=O) groups is 1. The zero-order valence-corrected chi connectivity index (χ0v) is 15.9. The minimum Gasteiger partial charge on any atom is -0.355 e. The van der Waals surface area contributed by atoms with E-state index < -0.39 is 0 Å². The number of amides is 1. The lowest BCUT2D eigenvalue weighted by Crippen LogP contribution is -2.43. The standard InChI is InChI=1S/C19H21ClN4OS/c20-14-5-6-16-17(11-14)23-19(22-16)24-9-1-3-13(12-24)18(25)21-8-7-15-4-2-10-26-15/h2,4-6,10-11,13H,1,3,7-9,12H2,(H,21,25)(H,22,23)/t13-/m0/s1. The number of halogens is 1. The van der Waals surface area contributed by atoms with Gasteiger partial charge in [-0.05, 0) is 48.9 Å². The summed E-state index contributed by atoms with van der Waals surface area (Å²) in [6, 6.07) is 9.78. The van der Waals surface area contributed by atoms with Gasteiger partial charge < -0.3 is 15.2 Å². The van der Waals surface area contributed by atoms with E-state index in [1.807, 2.05) is 24.3 Å². The van der Waals surface area contributed by atoms with Gasteiger partial charge in [0, 0.05) is 29.5 Å². The lowest BCUT2D eigenvalue weighted by molar-refractivity contribution is -0.125. The molecule has 3 aromatic rings. The summed E-state index contributed by atoms with van der Waals surface area (Å²) in [6.45, 7) is 2.30. The number of piperidine rings is 1. The first-order chi connectivity index (χ1) is 12.7. The van der Waals surface area contributed by atoms with Gasteiger partial charge in [-0.3, -0.25) is 4.79 Å². The van der Waals surface area contributed by atoms with Gasteiger partial charge in [0.15, 0.2) is 0 Å². The summed E-state index contributed by atoms with van der Waals surface area (Å²) in [5.74, 6) is 0.965. The Hall–Kier alpha value is -2.05. The van der Waals surface area contributed by atoms with Gasteiger partial charge in [-0.25, -0.2) is 4.98 Å². The van der Waals surface area contributed by atoms with Gasteiger partial charge in [-0.2, -0.15) is 0 Å². The molecule has 0 unspecified atom stereocenters. The fraction of sp³-hybridized carbons (Fsp3) is 0.368. The number of imidazole rings is 1. The molecule has 3 heterocycles. The molecule has 0 radical (unpaired) electrons. The Kier molecular flexibility index (Phi) is 5.13. The third-order valence-electron chi connectivity index (χ3n) is 4.77. The summed E-state index contributed by atoms with van der Waals surface area (Å²) in [4.78, 5) is 24.0. The van der Waals surface area contributed by atoms with Crippen LogP contribution in [0.15, 0.2) is 35.7 Å². The highest BCUT2D eigenvalue weighted by Gasteiger charge is 2.27. The number of carbonyl (C=O) groups excluding carboxylic acids is 1. The lowest BCUT2D eigenvalue weighted by atomic mass is 9.97. The zero-order valence-electron chi connectivity index (χ0n) is 14.4. The van der Waals surface area contributed by atoms with Crippen molar-refractivity contribution in [1.82, 2.24) is 15.3 Å². The molecule has 0 bridgehead atoms. The van der Waals surface area contributed by atoms with Crippen LogP contribution in [0.4, 0.5) is 5.95 Å². The molecule has 136 valence electrons. The number of benzene rings is 1. The molecule has 1 aliphatic heterocycles. The third kappa shape index (κ3) is 3.86. The zero-order chi connectivity index (χ0) is 17.9. The number of nitrogens with zero attached hydrogens (tertiary/aromatic N) is 2. The molecule has 7 heteroatoms. The fourth-order valence-electron chi connectivity index (χ4n) is 3.41. The van der Waals surface area contributed by atoms with Gasteiger partial charge in [0.05, 0.1) is 17.0 Å². The van der Waals surface area contributed by atoms with Gasteiger partial charge >= 0.3 is 0 Å². The number of hydrogen-bond donors (Lipinski definition) is 2. The fourth-order valence-corrected chi connectivity index (χ4v) is 4.29. The van der Waals surface area contributed by atoms with Crippen LogP contribution in [0.1, 0.15) is 17.7 Å². The van der Waals surface area contributed by atoms with E-state index in [4.69, 9.17) is 11.6 Å². The first-order valence-corrected chi connectivity index (χ1v) is 10.1. The van der Waals surface area contributed by atoms with Crippen molar-refractivity contribution in [3.05, 3.63) is 45.6 Å². The van der Waals surface area contributed by atoms with Crippen LogP contribution in [0.3, 0.4) is 0 Å². The van der Waals surface area contributed by atoms with Crippen molar-refractivity contribution in [2.75, 3.05) is 24.5 Å². The maximum Gasteiger partial charge on any atom is 0.224 e. The quantitative estimate of drug-likeness (QED) is 0.697.